The van der Waals surface area contributed by atoms with Crippen LogP contribution in [0.5, 0.6) is 0 Å². The zero-order valence-corrected chi connectivity index (χ0v) is 21.8. The number of nitrogens with zero attached hydrogens (tertiary/aromatic N) is 3. The van der Waals surface area contributed by atoms with Crippen molar-refractivity contribution in [3.8, 4) is 11.1 Å². The Kier molecular flexibility index (Phi) is 6.29. The van der Waals surface area contributed by atoms with Gasteiger partial charge in [-0.2, -0.15) is 13.2 Å². The summed E-state index contributed by atoms with van der Waals surface area (Å²) in [5, 5.41) is 0.620. The maximum Gasteiger partial charge on any atom is 0.419 e. The van der Waals surface area contributed by atoms with Gasteiger partial charge in [-0.05, 0) is 55.3 Å². The van der Waals surface area contributed by atoms with E-state index >= 15 is 0 Å². The van der Waals surface area contributed by atoms with E-state index in [-0.39, 0.29) is 29.1 Å². The molecule has 0 bridgehead atoms. The molecule has 0 atom stereocenters. The smallest absolute Gasteiger partial charge is 0.357 e. The van der Waals surface area contributed by atoms with E-state index in [0.717, 1.165) is 6.07 Å². The van der Waals surface area contributed by atoms with Gasteiger partial charge in [-0.25, -0.2) is 17.8 Å². The first-order valence-corrected chi connectivity index (χ1v) is 13.5. The average Bonchev–Trinajstić information content (AvgIpc) is 3.46. The van der Waals surface area contributed by atoms with Gasteiger partial charge >= 0.3 is 6.18 Å². The molecule has 0 spiro atoms. The molecule has 2 aromatic carbocycles. The molecule has 0 aliphatic heterocycles. The van der Waals surface area contributed by atoms with E-state index in [9.17, 15) is 30.8 Å². The van der Waals surface area contributed by atoms with Crippen molar-refractivity contribution in [2.75, 3.05) is 10.5 Å². The highest BCUT2D eigenvalue weighted by Gasteiger charge is 2.34. The number of fused-ring (bicyclic) bond motifs is 2. The number of rotatable bonds is 6. The lowest BCUT2D eigenvalue weighted by atomic mass is 10.0. The summed E-state index contributed by atoms with van der Waals surface area (Å²) in [4.78, 5) is 20.0. The molecule has 0 unspecified atom stereocenters. The first-order valence-electron chi connectivity index (χ1n) is 11.8. The van der Waals surface area contributed by atoms with Crippen LogP contribution in [0, 0.1) is 12.7 Å². The molecule has 0 saturated carbocycles. The molecule has 39 heavy (non-hydrogen) atoms. The first-order chi connectivity index (χ1) is 18.3. The number of benzene rings is 2. The Hall–Kier alpha value is -4.13. The second-order valence-corrected chi connectivity index (χ2v) is 11.2. The number of aromatic amines is 1. The number of alkyl halides is 3. The molecule has 0 aliphatic carbocycles. The number of pyridine rings is 1. The van der Waals surface area contributed by atoms with E-state index in [1.807, 2.05) is 0 Å². The van der Waals surface area contributed by atoms with E-state index < -0.39 is 27.6 Å². The van der Waals surface area contributed by atoms with Gasteiger partial charge in [0.15, 0.2) is 0 Å². The van der Waals surface area contributed by atoms with Crippen molar-refractivity contribution in [2.24, 2.45) is 7.05 Å². The van der Waals surface area contributed by atoms with Crippen molar-refractivity contribution >= 4 is 37.6 Å². The van der Waals surface area contributed by atoms with E-state index in [1.54, 1.807) is 49.1 Å². The highest BCUT2D eigenvalue weighted by molar-refractivity contribution is 7.92. The number of halogens is 4. The molecule has 0 saturated heterocycles. The molecular formula is C26H23F4N5O3S. The Morgan fingerprint density at radius 1 is 1.13 bits per heavy atom. The second kappa shape index (κ2) is 9.26. The van der Waals surface area contributed by atoms with Gasteiger partial charge in [-0.1, -0.05) is 6.07 Å². The molecule has 204 valence electrons. The molecule has 8 nitrogen and oxygen atoms in total. The van der Waals surface area contributed by atoms with Crippen molar-refractivity contribution < 1.29 is 26.0 Å². The van der Waals surface area contributed by atoms with Crippen LogP contribution in [-0.4, -0.2) is 33.3 Å². The zero-order chi connectivity index (χ0) is 28.3. The monoisotopic (exact) mass is 561 g/mol. The van der Waals surface area contributed by atoms with Crippen LogP contribution in [0.2, 0.25) is 0 Å². The number of aromatic nitrogens is 4. The summed E-state index contributed by atoms with van der Waals surface area (Å²) in [6.07, 6.45) is -1.56. The highest BCUT2D eigenvalue weighted by Crippen LogP contribution is 2.36. The maximum absolute atomic E-state index is 14.3. The second-order valence-electron chi connectivity index (χ2n) is 9.18. The molecule has 0 radical (unpaired) electrons. The van der Waals surface area contributed by atoms with Gasteiger partial charge in [0.25, 0.3) is 5.56 Å². The molecule has 13 heteroatoms. The van der Waals surface area contributed by atoms with E-state index in [1.165, 1.54) is 17.6 Å². The summed E-state index contributed by atoms with van der Waals surface area (Å²) >= 11 is 0. The fourth-order valence-electron chi connectivity index (χ4n) is 4.58. The summed E-state index contributed by atoms with van der Waals surface area (Å²) in [7, 11) is -2.12. The summed E-state index contributed by atoms with van der Waals surface area (Å²) in [5.74, 6) is -1.14. The molecule has 0 fully saturated rings. The van der Waals surface area contributed by atoms with E-state index in [0.29, 0.717) is 45.0 Å². The first kappa shape index (κ1) is 26.5. The van der Waals surface area contributed by atoms with Crippen LogP contribution < -0.4 is 10.3 Å². The highest BCUT2D eigenvalue weighted by atomic mass is 32.2. The van der Waals surface area contributed by atoms with Gasteiger partial charge < -0.3 is 14.1 Å². The molecule has 2 N–H and O–H groups in total. The van der Waals surface area contributed by atoms with Gasteiger partial charge in [0.2, 0.25) is 10.0 Å². The van der Waals surface area contributed by atoms with Crippen LogP contribution in [0.1, 0.15) is 23.9 Å². The van der Waals surface area contributed by atoms with Gasteiger partial charge in [0.1, 0.15) is 22.7 Å². The Balaban J connectivity index is 1.73. The Labute approximate surface area is 220 Å². The average molecular weight is 562 g/mol. The lowest BCUT2D eigenvalue weighted by Crippen LogP contribution is -2.17. The zero-order valence-electron chi connectivity index (χ0n) is 21.0. The third-order valence-electron chi connectivity index (χ3n) is 6.58. The normalized spacial score (nSPS) is 12.5. The van der Waals surface area contributed by atoms with Crippen molar-refractivity contribution in [1.82, 2.24) is 19.1 Å². The Bertz CT molecular complexity index is 1920. The van der Waals surface area contributed by atoms with Crippen LogP contribution in [-0.2, 0) is 29.8 Å². The quantitative estimate of drug-likeness (QED) is 0.280. The third-order valence-corrected chi connectivity index (χ3v) is 7.87. The number of anilines is 1. The van der Waals surface area contributed by atoms with Crippen molar-refractivity contribution in [3.05, 3.63) is 81.9 Å². The number of H-pyrrole nitrogens is 1. The standard InChI is InChI=1S/C26H23F4N5O3S/c1-4-39(37,38)33-21-10-16(18-13-34(3)25(36)23-17(18)7-8-31-23)11-22-24(21)32-14(2)35(22)12-15-5-6-19(20(27)9-15)26(28,29)30/h5-11,13,31,33H,4,12H2,1-3H3. The van der Waals surface area contributed by atoms with Gasteiger partial charge in [0.05, 0.1) is 22.5 Å². The molecule has 5 rings (SSSR count). The fourth-order valence-corrected chi connectivity index (χ4v) is 5.21. The SMILES string of the molecule is CCS(=O)(=O)Nc1cc(-c2cn(C)c(=O)c3[nH]ccc23)cc2c1nc(C)n2Cc1ccc(C(F)(F)F)c(F)c1. The van der Waals surface area contributed by atoms with E-state index in [4.69, 9.17) is 0 Å². The van der Waals surface area contributed by atoms with Crippen LogP contribution in [0.25, 0.3) is 33.1 Å². The topological polar surface area (TPSA) is 102 Å². The van der Waals surface area contributed by atoms with E-state index in [2.05, 4.69) is 14.7 Å². The molecule has 3 heterocycles. The minimum absolute atomic E-state index is 0.0202. The van der Waals surface area contributed by atoms with Crippen LogP contribution >= 0.6 is 0 Å². The van der Waals surface area contributed by atoms with Crippen molar-refractivity contribution in [2.45, 2.75) is 26.6 Å². The lowest BCUT2D eigenvalue weighted by molar-refractivity contribution is -0.140. The van der Waals surface area contributed by atoms with Crippen LogP contribution in [0.3, 0.4) is 0 Å². The summed E-state index contributed by atoms with van der Waals surface area (Å²) in [6, 6.07) is 7.83. The summed E-state index contributed by atoms with van der Waals surface area (Å²) in [5.41, 5.74) is 1.22. The maximum atomic E-state index is 14.3. The predicted octanol–water partition coefficient (Wildman–Crippen LogP) is 5.16. The number of hydrogen-bond donors (Lipinski definition) is 2. The molecule has 5 aromatic rings. The largest absolute Gasteiger partial charge is 0.419 e. The van der Waals surface area contributed by atoms with Crippen molar-refractivity contribution in [3.63, 3.8) is 0 Å². The van der Waals surface area contributed by atoms with Crippen molar-refractivity contribution in [1.29, 1.82) is 0 Å². The predicted molar refractivity (Wildman–Crippen MR) is 141 cm³/mol. The minimum atomic E-state index is -4.82. The Morgan fingerprint density at radius 3 is 2.54 bits per heavy atom. The number of sulfonamides is 1. The number of aryl methyl sites for hydroxylation is 2. The summed E-state index contributed by atoms with van der Waals surface area (Å²) < 4.78 is 84.2. The van der Waals surface area contributed by atoms with Gasteiger partial charge in [-0.15, -0.1) is 0 Å². The number of imidazole rings is 1. The van der Waals surface area contributed by atoms with Gasteiger partial charge in [0, 0.05) is 36.9 Å². The molecule has 3 aromatic heterocycles. The van der Waals surface area contributed by atoms with Crippen LogP contribution in [0.15, 0.2) is 53.6 Å². The fraction of sp³-hybridized carbons (Fsp3) is 0.231. The molecule has 0 aliphatic rings. The number of hydrogen-bond acceptors (Lipinski definition) is 4. The lowest BCUT2D eigenvalue weighted by Gasteiger charge is -2.14. The van der Waals surface area contributed by atoms with Crippen LogP contribution in [0.4, 0.5) is 23.2 Å². The minimum Gasteiger partial charge on any atom is -0.357 e. The molecular weight excluding hydrogens is 538 g/mol. The Morgan fingerprint density at radius 2 is 1.87 bits per heavy atom. The molecule has 0 amide bonds. The third kappa shape index (κ3) is 4.78. The summed E-state index contributed by atoms with van der Waals surface area (Å²) in [6.45, 7) is 3.13. The van der Waals surface area contributed by atoms with Gasteiger partial charge in [-0.3, -0.25) is 9.52 Å². The number of nitrogens with one attached hydrogen (secondary N) is 2.